The highest BCUT2D eigenvalue weighted by Crippen LogP contribution is 2.32. The second kappa shape index (κ2) is 11.4. The molecule has 0 bridgehead atoms. The average Bonchev–Trinajstić information content (AvgIpc) is 3.41. The van der Waals surface area contributed by atoms with Gasteiger partial charge in [-0.3, -0.25) is 14.5 Å². The van der Waals surface area contributed by atoms with Crippen LogP contribution in [0, 0.1) is 6.92 Å². The number of aliphatic imine (C=N–C) groups is 1. The second-order valence-corrected chi connectivity index (χ2v) is 9.36. The minimum Gasteiger partial charge on any atom is -0.497 e. The number of thiophene rings is 1. The zero-order valence-electron chi connectivity index (χ0n) is 19.2. The van der Waals surface area contributed by atoms with Crippen LogP contribution in [0.2, 0.25) is 0 Å². The number of ether oxygens (including phenoxy) is 2. The summed E-state index contributed by atoms with van der Waals surface area (Å²) in [5, 5.41) is 5.01. The van der Waals surface area contributed by atoms with Crippen molar-refractivity contribution < 1.29 is 27.8 Å². The van der Waals surface area contributed by atoms with Crippen molar-refractivity contribution in [1.82, 2.24) is 0 Å². The summed E-state index contributed by atoms with van der Waals surface area (Å²) in [7, 11) is 1.56. The van der Waals surface area contributed by atoms with Gasteiger partial charge in [0.15, 0.2) is 5.17 Å². The summed E-state index contributed by atoms with van der Waals surface area (Å²) < 4.78 is 34.6. The van der Waals surface area contributed by atoms with E-state index in [1.54, 1.807) is 37.5 Å². The Hall–Kier alpha value is -3.70. The number of benzene rings is 2. The molecular formula is C25H21F2N3O4S2. The van der Waals surface area contributed by atoms with E-state index < -0.39 is 6.61 Å². The van der Waals surface area contributed by atoms with E-state index in [-0.39, 0.29) is 29.0 Å². The van der Waals surface area contributed by atoms with Gasteiger partial charge in [0.05, 0.1) is 18.6 Å². The van der Waals surface area contributed by atoms with Gasteiger partial charge in [0.2, 0.25) is 5.91 Å². The minimum atomic E-state index is -2.95. The van der Waals surface area contributed by atoms with Crippen LogP contribution in [0.15, 0.2) is 70.7 Å². The fraction of sp³-hybridized carbons (Fsp3) is 0.160. The third-order valence-electron chi connectivity index (χ3n) is 5.03. The molecule has 1 aliphatic heterocycles. The second-order valence-electron chi connectivity index (χ2n) is 7.47. The predicted octanol–water partition coefficient (Wildman–Crippen LogP) is 5.78. The van der Waals surface area contributed by atoms with Gasteiger partial charge in [-0.25, -0.2) is 4.99 Å². The molecule has 0 radical (unpaired) electrons. The summed E-state index contributed by atoms with van der Waals surface area (Å²) in [6.45, 7) is -1.02. The molecule has 2 aromatic carbocycles. The molecule has 11 heteroatoms. The van der Waals surface area contributed by atoms with Gasteiger partial charge >= 0.3 is 6.61 Å². The Morgan fingerprint density at radius 3 is 2.44 bits per heavy atom. The number of halogens is 2. The van der Waals surface area contributed by atoms with Crippen molar-refractivity contribution in [2.75, 3.05) is 23.1 Å². The molecule has 1 aromatic heterocycles. The number of thioether (sulfide) groups is 1. The summed E-state index contributed by atoms with van der Waals surface area (Å²) in [6, 6.07) is 14.5. The van der Waals surface area contributed by atoms with Gasteiger partial charge in [-0.15, -0.1) is 11.3 Å². The van der Waals surface area contributed by atoms with Crippen molar-refractivity contribution in [3.05, 3.63) is 76.1 Å². The van der Waals surface area contributed by atoms with Crippen LogP contribution in [-0.2, 0) is 9.59 Å². The Morgan fingerprint density at radius 1 is 1.14 bits per heavy atom. The quantitative estimate of drug-likeness (QED) is 0.374. The molecule has 0 aliphatic carbocycles. The Labute approximate surface area is 214 Å². The third-order valence-corrected chi connectivity index (χ3v) is 6.93. The largest absolute Gasteiger partial charge is 0.497 e. The minimum absolute atomic E-state index is 0.00741. The highest BCUT2D eigenvalue weighted by molar-refractivity contribution is 8.14. The maximum absolute atomic E-state index is 13.3. The molecule has 0 spiro atoms. The van der Waals surface area contributed by atoms with Crippen molar-refractivity contribution in [1.29, 1.82) is 0 Å². The highest BCUT2D eigenvalue weighted by atomic mass is 32.2. The van der Waals surface area contributed by atoms with Crippen molar-refractivity contribution in [3.8, 4) is 11.5 Å². The van der Waals surface area contributed by atoms with Crippen LogP contribution in [-0.4, -0.2) is 36.5 Å². The zero-order valence-corrected chi connectivity index (χ0v) is 20.9. The summed E-state index contributed by atoms with van der Waals surface area (Å²) in [4.78, 5) is 32.6. The van der Waals surface area contributed by atoms with Crippen LogP contribution in [0.3, 0.4) is 0 Å². The SMILES string of the molecule is COc1ccc(NC(=O)CSC2=N/C(=C/c3sccc3C)C(=O)N2c2ccc(OC(F)F)cc2)cc1. The number of carbonyl (C=O) groups is 2. The van der Waals surface area contributed by atoms with Gasteiger partial charge < -0.3 is 14.8 Å². The molecule has 1 N–H and O–H groups in total. The Morgan fingerprint density at radius 2 is 1.83 bits per heavy atom. The van der Waals surface area contributed by atoms with E-state index in [1.165, 1.54) is 40.5 Å². The van der Waals surface area contributed by atoms with Crippen molar-refractivity contribution in [3.63, 3.8) is 0 Å². The normalized spacial score (nSPS) is 14.4. The number of rotatable bonds is 8. The first-order valence-electron chi connectivity index (χ1n) is 10.6. The number of hydrogen-bond donors (Lipinski definition) is 1. The van der Waals surface area contributed by atoms with E-state index in [1.807, 2.05) is 18.4 Å². The van der Waals surface area contributed by atoms with Crippen LogP contribution in [0.25, 0.3) is 6.08 Å². The molecule has 186 valence electrons. The number of alkyl halides is 2. The lowest BCUT2D eigenvalue weighted by atomic mass is 10.2. The average molecular weight is 530 g/mol. The lowest BCUT2D eigenvalue weighted by Gasteiger charge is -2.18. The van der Waals surface area contributed by atoms with Crippen molar-refractivity contribution in [2.24, 2.45) is 4.99 Å². The monoisotopic (exact) mass is 529 g/mol. The molecule has 36 heavy (non-hydrogen) atoms. The van der Waals surface area contributed by atoms with Gasteiger partial charge in [-0.2, -0.15) is 8.78 Å². The molecule has 3 aromatic rings. The molecular weight excluding hydrogens is 508 g/mol. The molecule has 2 amide bonds. The molecule has 0 saturated carbocycles. The first kappa shape index (κ1) is 25.4. The van der Waals surface area contributed by atoms with Crippen LogP contribution in [0.4, 0.5) is 20.2 Å². The number of amides is 2. The van der Waals surface area contributed by atoms with Gasteiger partial charge in [0.25, 0.3) is 5.91 Å². The lowest BCUT2D eigenvalue weighted by molar-refractivity contribution is -0.114. The number of nitrogens with zero attached hydrogens (tertiary/aromatic N) is 2. The number of aryl methyl sites for hydroxylation is 1. The van der Waals surface area contributed by atoms with E-state index in [2.05, 4.69) is 15.0 Å². The van der Waals surface area contributed by atoms with Gasteiger partial charge in [-0.05, 0) is 78.5 Å². The van der Waals surface area contributed by atoms with E-state index in [4.69, 9.17) is 4.74 Å². The van der Waals surface area contributed by atoms with E-state index in [0.717, 1.165) is 22.2 Å². The maximum atomic E-state index is 13.3. The van der Waals surface area contributed by atoms with Crippen molar-refractivity contribution >= 4 is 57.5 Å². The highest BCUT2D eigenvalue weighted by Gasteiger charge is 2.32. The molecule has 0 unspecified atom stereocenters. The Kier molecular flexibility index (Phi) is 8.01. The molecule has 0 saturated heterocycles. The molecule has 1 aliphatic rings. The molecule has 4 rings (SSSR count). The number of amidine groups is 1. The van der Waals surface area contributed by atoms with Crippen LogP contribution in [0.5, 0.6) is 11.5 Å². The predicted molar refractivity (Wildman–Crippen MR) is 139 cm³/mol. The molecule has 7 nitrogen and oxygen atoms in total. The van der Waals surface area contributed by atoms with Crippen LogP contribution >= 0.6 is 23.1 Å². The van der Waals surface area contributed by atoms with E-state index in [0.29, 0.717) is 22.3 Å². The number of carbonyl (C=O) groups excluding carboxylic acids is 2. The fourth-order valence-corrected chi connectivity index (χ4v) is 4.92. The summed E-state index contributed by atoms with van der Waals surface area (Å²) in [6.07, 6.45) is 1.70. The fourth-order valence-electron chi connectivity index (χ4n) is 3.26. The van der Waals surface area contributed by atoms with Gasteiger partial charge in [-0.1, -0.05) is 11.8 Å². The Bertz CT molecular complexity index is 1310. The number of nitrogens with one attached hydrogen (secondary N) is 1. The summed E-state index contributed by atoms with van der Waals surface area (Å²) in [5.41, 5.74) is 2.24. The zero-order chi connectivity index (χ0) is 25.7. The first-order chi connectivity index (χ1) is 17.3. The van der Waals surface area contributed by atoms with Gasteiger partial charge in [0.1, 0.15) is 17.2 Å². The first-order valence-corrected chi connectivity index (χ1v) is 12.5. The number of anilines is 2. The smallest absolute Gasteiger partial charge is 0.387 e. The van der Waals surface area contributed by atoms with E-state index in [9.17, 15) is 18.4 Å². The standard InChI is InChI=1S/C25H21F2N3O4S2/c1-15-11-12-35-21(15)13-20-23(32)30(17-5-9-19(10-6-17)34-24(26)27)25(29-20)36-14-22(31)28-16-3-7-18(33-2)8-4-16/h3-13,24H,14H2,1-2H3,(H,28,31)/b20-13+. The Balaban J connectivity index is 1.54. The number of methoxy groups -OCH3 is 1. The number of hydrogen-bond acceptors (Lipinski definition) is 7. The maximum Gasteiger partial charge on any atom is 0.387 e. The summed E-state index contributed by atoms with van der Waals surface area (Å²) in [5.74, 6) is -0.0413. The van der Waals surface area contributed by atoms with E-state index >= 15 is 0 Å². The molecule has 0 fully saturated rings. The van der Waals surface area contributed by atoms with Crippen LogP contribution in [0.1, 0.15) is 10.4 Å². The van der Waals surface area contributed by atoms with Gasteiger partial charge in [0, 0.05) is 10.6 Å². The van der Waals surface area contributed by atoms with Crippen LogP contribution < -0.4 is 19.7 Å². The molecule has 2 heterocycles. The lowest BCUT2D eigenvalue weighted by Crippen LogP contribution is -2.31. The third kappa shape index (κ3) is 6.10. The topological polar surface area (TPSA) is 80.2 Å². The summed E-state index contributed by atoms with van der Waals surface area (Å²) >= 11 is 2.57. The molecule has 0 atom stereocenters. The van der Waals surface area contributed by atoms with Crippen molar-refractivity contribution in [2.45, 2.75) is 13.5 Å².